The summed E-state index contributed by atoms with van der Waals surface area (Å²) in [5, 5.41) is 0.883. The molecular weight excluding hydrogens is 192 g/mol. The Kier molecular flexibility index (Phi) is 3.97. The van der Waals surface area contributed by atoms with E-state index in [1.165, 1.54) is 11.1 Å². The molecule has 0 amide bonds. The summed E-state index contributed by atoms with van der Waals surface area (Å²) in [7, 11) is 0. The zero-order chi connectivity index (χ0) is 10.6. The van der Waals surface area contributed by atoms with E-state index in [0.29, 0.717) is 0 Å². The highest BCUT2D eigenvalue weighted by Gasteiger charge is 1.97. The van der Waals surface area contributed by atoms with Crippen LogP contribution in [0.4, 0.5) is 0 Å². The Morgan fingerprint density at radius 1 is 1.43 bits per heavy atom. The number of halogens is 1. The first-order chi connectivity index (χ1) is 6.63. The van der Waals surface area contributed by atoms with Gasteiger partial charge in [-0.3, -0.25) is 0 Å². The second kappa shape index (κ2) is 5.02. The molecular formula is C13H15Cl. The van der Waals surface area contributed by atoms with Crippen LogP contribution in [-0.2, 0) is 6.42 Å². The molecule has 0 aromatic heterocycles. The van der Waals surface area contributed by atoms with Gasteiger partial charge in [-0.2, -0.15) is 0 Å². The van der Waals surface area contributed by atoms with Gasteiger partial charge in [0.25, 0.3) is 0 Å². The largest absolute Gasteiger partial charge is 0.0985 e. The molecule has 0 saturated heterocycles. The standard InChI is InChI=1S/C13H15Cl/c1-4-12-6-5-7-13(9-12)8-10(2)11(3)14/h4-7,9H,1,8H2,2-3H3/b11-10-. The average Bonchev–Trinajstić information content (AvgIpc) is 2.18. The van der Waals surface area contributed by atoms with Gasteiger partial charge in [0.1, 0.15) is 0 Å². The summed E-state index contributed by atoms with van der Waals surface area (Å²) in [5.74, 6) is 0. The molecule has 0 unspecified atom stereocenters. The minimum Gasteiger partial charge on any atom is -0.0985 e. The molecule has 0 nitrogen and oxygen atoms in total. The molecule has 74 valence electrons. The summed E-state index contributed by atoms with van der Waals surface area (Å²) in [6.45, 7) is 7.73. The van der Waals surface area contributed by atoms with Gasteiger partial charge in [0.05, 0.1) is 0 Å². The van der Waals surface area contributed by atoms with Gasteiger partial charge in [0, 0.05) is 5.03 Å². The van der Waals surface area contributed by atoms with Crippen molar-refractivity contribution in [3.63, 3.8) is 0 Å². The third-order valence-electron chi connectivity index (χ3n) is 2.24. The summed E-state index contributed by atoms with van der Waals surface area (Å²) in [4.78, 5) is 0. The highest BCUT2D eigenvalue weighted by atomic mass is 35.5. The predicted octanol–water partition coefficient (Wildman–Crippen LogP) is 4.40. The van der Waals surface area contributed by atoms with E-state index in [0.717, 1.165) is 17.0 Å². The van der Waals surface area contributed by atoms with Gasteiger partial charge in [0.15, 0.2) is 0 Å². The third-order valence-corrected chi connectivity index (χ3v) is 2.57. The zero-order valence-corrected chi connectivity index (χ0v) is 9.43. The van der Waals surface area contributed by atoms with E-state index >= 15 is 0 Å². The van der Waals surface area contributed by atoms with Gasteiger partial charge in [-0.1, -0.05) is 54.1 Å². The lowest BCUT2D eigenvalue weighted by Crippen LogP contribution is -1.88. The van der Waals surface area contributed by atoms with E-state index < -0.39 is 0 Å². The molecule has 0 aliphatic rings. The van der Waals surface area contributed by atoms with Crippen molar-refractivity contribution in [1.29, 1.82) is 0 Å². The molecule has 0 N–H and O–H groups in total. The van der Waals surface area contributed by atoms with Crippen molar-refractivity contribution in [1.82, 2.24) is 0 Å². The second-order valence-corrected chi connectivity index (χ2v) is 4.01. The van der Waals surface area contributed by atoms with Crippen molar-refractivity contribution in [2.24, 2.45) is 0 Å². The monoisotopic (exact) mass is 206 g/mol. The molecule has 0 atom stereocenters. The summed E-state index contributed by atoms with van der Waals surface area (Å²) in [6.07, 6.45) is 2.77. The maximum Gasteiger partial charge on any atom is 0.0142 e. The minimum atomic E-state index is 0.883. The third kappa shape index (κ3) is 3.04. The van der Waals surface area contributed by atoms with Crippen LogP contribution in [0.5, 0.6) is 0 Å². The SMILES string of the molecule is C=Cc1cccc(C/C(C)=C(/C)Cl)c1. The van der Waals surface area contributed by atoms with Crippen LogP contribution in [0, 0.1) is 0 Å². The number of hydrogen-bond acceptors (Lipinski definition) is 0. The molecule has 14 heavy (non-hydrogen) atoms. The molecule has 0 heterocycles. The van der Waals surface area contributed by atoms with Crippen LogP contribution in [0.2, 0.25) is 0 Å². The smallest absolute Gasteiger partial charge is 0.0142 e. The Bertz CT molecular complexity index is 357. The topological polar surface area (TPSA) is 0 Å². The molecule has 0 radical (unpaired) electrons. The van der Waals surface area contributed by atoms with Gasteiger partial charge in [-0.05, 0) is 31.4 Å². The zero-order valence-electron chi connectivity index (χ0n) is 8.68. The van der Waals surface area contributed by atoms with Crippen molar-refractivity contribution in [2.45, 2.75) is 20.3 Å². The first-order valence-corrected chi connectivity index (χ1v) is 5.04. The van der Waals surface area contributed by atoms with E-state index in [4.69, 9.17) is 11.6 Å². The minimum absolute atomic E-state index is 0.883. The highest BCUT2D eigenvalue weighted by Crippen LogP contribution is 2.15. The van der Waals surface area contributed by atoms with Crippen LogP contribution in [0.15, 0.2) is 41.4 Å². The molecule has 1 rings (SSSR count). The Morgan fingerprint density at radius 2 is 2.14 bits per heavy atom. The molecule has 0 spiro atoms. The quantitative estimate of drug-likeness (QED) is 0.688. The Labute approximate surface area is 90.9 Å². The van der Waals surface area contributed by atoms with Gasteiger partial charge in [-0.25, -0.2) is 0 Å². The van der Waals surface area contributed by atoms with Crippen LogP contribution < -0.4 is 0 Å². The second-order valence-electron chi connectivity index (χ2n) is 3.44. The molecule has 0 fully saturated rings. The predicted molar refractivity (Wildman–Crippen MR) is 64.5 cm³/mol. The van der Waals surface area contributed by atoms with E-state index in [9.17, 15) is 0 Å². The van der Waals surface area contributed by atoms with E-state index in [2.05, 4.69) is 25.6 Å². The van der Waals surface area contributed by atoms with Crippen LogP contribution in [0.25, 0.3) is 6.08 Å². The van der Waals surface area contributed by atoms with Crippen molar-refractivity contribution in [3.05, 3.63) is 52.6 Å². The molecule has 0 aliphatic heterocycles. The summed E-state index contributed by atoms with van der Waals surface area (Å²) in [6, 6.07) is 8.33. The van der Waals surface area contributed by atoms with E-state index in [1.807, 2.05) is 25.1 Å². The van der Waals surface area contributed by atoms with Gasteiger partial charge >= 0.3 is 0 Å². The molecule has 0 aliphatic carbocycles. The summed E-state index contributed by atoms with van der Waals surface area (Å²) < 4.78 is 0. The molecule has 0 saturated carbocycles. The molecule has 1 heteroatoms. The molecule has 1 aromatic carbocycles. The number of allylic oxidation sites excluding steroid dienone is 2. The van der Waals surface area contributed by atoms with Crippen LogP contribution >= 0.6 is 11.6 Å². The van der Waals surface area contributed by atoms with Crippen molar-refractivity contribution in [2.75, 3.05) is 0 Å². The van der Waals surface area contributed by atoms with Crippen molar-refractivity contribution < 1.29 is 0 Å². The summed E-state index contributed by atoms with van der Waals surface area (Å²) >= 11 is 5.91. The fourth-order valence-electron chi connectivity index (χ4n) is 1.26. The fourth-order valence-corrected chi connectivity index (χ4v) is 1.32. The number of rotatable bonds is 3. The molecule has 1 aromatic rings. The normalized spacial score (nSPS) is 12.2. The van der Waals surface area contributed by atoms with Gasteiger partial charge < -0.3 is 0 Å². The maximum absolute atomic E-state index is 5.91. The summed E-state index contributed by atoms with van der Waals surface area (Å²) in [5.41, 5.74) is 3.65. The van der Waals surface area contributed by atoms with E-state index in [-0.39, 0.29) is 0 Å². The lowest BCUT2D eigenvalue weighted by atomic mass is 10.0. The first-order valence-electron chi connectivity index (χ1n) is 4.66. The van der Waals surface area contributed by atoms with Gasteiger partial charge in [-0.15, -0.1) is 0 Å². The average molecular weight is 207 g/mol. The number of hydrogen-bond donors (Lipinski definition) is 0. The number of benzene rings is 1. The lowest BCUT2D eigenvalue weighted by Gasteiger charge is -2.04. The van der Waals surface area contributed by atoms with E-state index in [1.54, 1.807) is 0 Å². The Morgan fingerprint density at radius 3 is 2.71 bits per heavy atom. The molecule has 0 bridgehead atoms. The van der Waals surface area contributed by atoms with Crippen LogP contribution in [0.1, 0.15) is 25.0 Å². The Hall–Kier alpha value is -1.01. The van der Waals surface area contributed by atoms with Gasteiger partial charge in [0.2, 0.25) is 0 Å². The van der Waals surface area contributed by atoms with Crippen LogP contribution in [-0.4, -0.2) is 0 Å². The highest BCUT2D eigenvalue weighted by molar-refractivity contribution is 6.29. The fraction of sp³-hybridized carbons (Fsp3) is 0.231. The first kappa shape index (κ1) is 11.1. The van der Waals surface area contributed by atoms with Crippen molar-refractivity contribution in [3.8, 4) is 0 Å². The Balaban J connectivity index is 2.87. The van der Waals surface area contributed by atoms with Crippen LogP contribution in [0.3, 0.4) is 0 Å². The maximum atomic E-state index is 5.91. The lowest BCUT2D eigenvalue weighted by molar-refractivity contribution is 1.12. The van der Waals surface area contributed by atoms with Crippen molar-refractivity contribution >= 4 is 17.7 Å².